The van der Waals surface area contributed by atoms with Gasteiger partial charge >= 0.3 is 0 Å². The zero-order chi connectivity index (χ0) is 59.2. The van der Waals surface area contributed by atoms with Gasteiger partial charge < -0.3 is 14.7 Å². The van der Waals surface area contributed by atoms with Gasteiger partial charge in [-0.1, -0.05) is 220 Å². The third-order valence-corrected chi connectivity index (χ3v) is 22.5. The molecule has 2 unspecified atom stereocenters. The highest BCUT2D eigenvalue weighted by molar-refractivity contribution is 7.00. The fraction of sp³-hybridized carbons (Fsp3) is 0.400. The van der Waals surface area contributed by atoms with E-state index in [1.165, 1.54) is 148 Å². The van der Waals surface area contributed by atoms with Gasteiger partial charge in [0.2, 0.25) is 0 Å². The third-order valence-electron chi connectivity index (χ3n) is 22.5. The van der Waals surface area contributed by atoms with Crippen molar-refractivity contribution in [1.29, 1.82) is 0 Å². The normalized spacial score (nSPS) is 21.9. The van der Waals surface area contributed by atoms with E-state index < -0.39 is 0 Å². The quantitative estimate of drug-likeness (QED) is 0.159. The molecule has 8 aromatic carbocycles. The van der Waals surface area contributed by atoms with E-state index in [1.54, 1.807) is 0 Å². The highest BCUT2D eigenvalue weighted by atomic mass is 15.3. The number of rotatable bonds is 5. The molecule has 3 aliphatic carbocycles. The van der Waals surface area contributed by atoms with Crippen molar-refractivity contribution in [2.45, 2.75) is 206 Å². The number of fused-ring (bicyclic) bond motifs is 9. The van der Waals surface area contributed by atoms with Crippen molar-refractivity contribution in [2.75, 3.05) is 14.7 Å². The molecule has 0 radical (unpaired) electrons. The standard InChI is InChI=1S/C80H90BN3/c1-50-40-58-61(78(14,15)49-77(58,12)13)47-68(50)83-67-33-30-53(51-26-20-18-21-27-51)41-63(67)81-64-46-59-60(76(10,11)39-38-75(59,8)9)48-69(64)82(65-34-31-54(73(2,3)4)42-57(65)52-28-22-19-23-29-52)70-44-56(45-71(83)72(70)81)84-66-35-32-55(74(5,6)7)43-62(66)79(16)36-24-25-37-80(79,84)17/h18-23,26-35,40-48H,24-25,36-39,49H2,1-17H3. The summed E-state index contributed by atoms with van der Waals surface area (Å²) in [5.41, 5.74) is 30.7. The van der Waals surface area contributed by atoms with Crippen LogP contribution in [0.3, 0.4) is 0 Å². The molecule has 3 heterocycles. The Morgan fingerprint density at radius 3 is 1.54 bits per heavy atom. The first kappa shape index (κ1) is 55.1. The Kier molecular flexibility index (Phi) is 11.9. The molecule has 0 N–H and O–H groups in total. The van der Waals surface area contributed by atoms with E-state index in [-0.39, 0.29) is 50.2 Å². The van der Waals surface area contributed by atoms with Gasteiger partial charge in [-0.2, -0.15) is 0 Å². The molecule has 0 bridgehead atoms. The molecule has 1 saturated carbocycles. The summed E-state index contributed by atoms with van der Waals surface area (Å²) in [7, 11) is 0. The van der Waals surface area contributed by atoms with Crippen molar-refractivity contribution in [2.24, 2.45) is 0 Å². The van der Waals surface area contributed by atoms with Crippen LogP contribution in [-0.2, 0) is 37.9 Å². The molecule has 428 valence electrons. The lowest BCUT2D eigenvalue weighted by Crippen LogP contribution is -2.62. The summed E-state index contributed by atoms with van der Waals surface area (Å²) in [5, 5.41) is 0. The van der Waals surface area contributed by atoms with Crippen molar-refractivity contribution < 1.29 is 0 Å². The number of hydrogen-bond acceptors (Lipinski definition) is 3. The first-order valence-corrected chi connectivity index (χ1v) is 32.0. The fourth-order valence-corrected chi connectivity index (χ4v) is 17.5. The van der Waals surface area contributed by atoms with Crippen LogP contribution >= 0.6 is 0 Å². The number of nitrogens with zero attached hydrogens (tertiary/aromatic N) is 3. The van der Waals surface area contributed by atoms with Crippen molar-refractivity contribution in [3.05, 3.63) is 196 Å². The van der Waals surface area contributed by atoms with E-state index in [0.717, 1.165) is 25.7 Å². The lowest BCUT2D eigenvalue weighted by Gasteiger charge is -2.51. The van der Waals surface area contributed by atoms with Gasteiger partial charge in [-0.3, -0.25) is 0 Å². The van der Waals surface area contributed by atoms with Gasteiger partial charge in [0.25, 0.3) is 6.71 Å². The molecule has 14 rings (SSSR count). The van der Waals surface area contributed by atoms with Crippen LogP contribution < -0.4 is 31.1 Å². The Labute approximate surface area is 505 Å². The van der Waals surface area contributed by atoms with Crippen LogP contribution in [-0.4, -0.2) is 12.3 Å². The second-order valence-corrected chi connectivity index (χ2v) is 32.0. The SMILES string of the molecule is Cc1cc2c(cc1N1c3ccc(-c4ccccc4)cc3B3c4cc5c(cc4N(c4ccc(C(C)(C)C)cc4-c4ccccc4)c4cc(N6c7ccc(C(C)(C)C)cc7C7(C)CCCCC67C)cc1c43)C(C)(C)CCC5(C)C)C(C)(C)CC2(C)C. The van der Waals surface area contributed by atoms with E-state index in [2.05, 4.69) is 284 Å². The van der Waals surface area contributed by atoms with Gasteiger partial charge in [0.1, 0.15) is 0 Å². The number of hydrogen-bond donors (Lipinski definition) is 0. The van der Waals surface area contributed by atoms with Crippen LogP contribution in [0.2, 0.25) is 0 Å². The molecule has 0 amide bonds. The maximum absolute atomic E-state index is 2.88. The van der Waals surface area contributed by atoms with Crippen LogP contribution in [0.4, 0.5) is 45.5 Å². The van der Waals surface area contributed by atoms with Gasteiger partial charge in [0, 0.05) is 50.8 Å². The smallest absolute Gasteiger partial charge is 0.252 e. The summed E-state index contributed by atoms with van der Waals surface area (Å²) >= 11 is 0. The minimum Gasteiger partial charge on any atom is -0.334 e. The molecule has 0 aromatic heterocycles. The van der Waals surface area contributed by atoms with E-state index >= 15 is 0 Å². The predicted octanol–water partition coefficient (Wildman–Crippen LogP) is 20.1. The molecule has 84 heavy (non-hydrogen) atoms. The van der Waals surface area contributed by atoms with E-state index in [0.29, 0.717) is 0 Å². The predicted molar refractivity (Wildman–Crippen MR) is 362 cm³/mol. The average molecular weight is 1100 g/mol. The largest absolute Gasteiger partial charge is 0.334 e. The Morgan fingerprint density at radius 1 is 0.393 bits per heavy atom. The summed E-state index contributed by atoms with van der Waals surface area (Å²) < 4.78 is 0. The lowest BCUT2D eigenvalue weighted by molar-refractivity contribution is 0.195. The number of anilines is 8. The maximum atomic E-state index is 2.88. The van der Waals surface area contributed by atoms with Crippen molar-refractivity contribution >= 4 is 68.6 Å². The first-order chi connectivity index (χ1) is 39.5. The van der Waals surface area contributed by atoms with Crippen LogP contribution in [0.25, 0.3) is 22.3 Å². The summed E-state index contributed by atoms with van der Waals surface area (Å²) in [6.07, 6.45) is 8.15. The highest BCUT2D eigenvalue weighted by Gasteiger charge is 2.59. The zero-order valence-corrected chi connectivity index (χ0v) is 53.8. The summed E-state index contributed by atoms with van der Waals surface area (Å²) in [5.74, 6) is 0. The fourth-order valence-electron chi connectivity index (χ4n) is 17.5. The molecule has 3 nitrogen and oxygen atoms in total. The summed E-state index contributed by atoms with van der Waals surface area (Å²) in [6.45, 7) is 41.8. The molecule has 1 fully saturated rings. The second kappa shape index (κ2) is 18.1. The lowest BCUT2D eigenvalue weighted by atomic mass is 9.33. The van der Waals surface area contributed by atoms with Gasteiger partial charge in [-0.05, 0) is 205 Å². The minimum absolute atomic E-state index is 0.00312. The molecule has 0 spiro atoms. The van der Waals surface area contributed by atoms with Crippen LogP contribution in [0, 0.1) is 6.92 Å². The van der Waals surface area contributed by atoms with Gasteiger partial charge in [0.05, 0.1) is 11.2 Å². The van der Waals surface area contributed by atoms with Crippen molar-refractivity contribution in [3.63, 3.8) is 0 Å². The first-order valence-electron chi connectivity index (χ1n) is 32.0. The second-order valence-electron chi connectivity index (χ2n) is 32.0. The Morgan fingerprint density at radius 2 is 0.905 bits per heavy atom. The Balaban J connectivity index is 1.17. The maximum Gasteiger partial charge on any atom is 0.252 e. The summed E-state index contributed by atoms with van der Waals surface area (Å²) in [4.78, 5) is 8.42. The Hall–Kier alpha value is -6.78. The highest BCUT2D eigenvalue weighted by Crippen LogP contribution is 2.63. The number of benzene rings is 8. The average Bonchev–Trinajstić information content (AvgIpc) is 1.21. The van der Waals surface area contributed by atoms with E-state index in [9.17, 15) is 0 Å². The minimum atomic E-state index is -0.179. The zero-order valence-electron chi connectivity index (χ0n) is 53.8. The Bertz CT molecular complexity index is 4030. The topological polar surface area (TPSA) is 9.72 Å². The van der Waals surface area contributed by atoms with Crippen molar-refractivity contribution in [1.82, 2.24) is 0 Å². The van der Waals surface area contributed by atoms with Crippen LogP contribution in [0.15, 0.2) is 152 Å². The molecular formula is C80H90BN3. The molecule has 4 heteroatoms. The molecular weight excluding hydrogens is 1010 g/mol. The monoisotopic (exact) mass is 1100 g/mol. The third kappa shape index (κ3) is 8.03. The van der Waals surface area contributed by atoms with Crippen molar-refractivity contribution in [3.8, 4) is 22.3 Å². The van der Waals surface area contributed by atoms with E-state index in [1.807, 2.05) is 0 Å². The summed E-state index contributed by atoms with van der Waals surface area (Å²) in [6, 6.07) is 61.1. The molecule has 2 atom stereocenters. The molecule has 0 saturated heterocycles. The molecule has 8 aromatic rings. The molecule has 6 aliphatic rings. The van der Waals surface area contributed by atoms with E-state index in [4.69, 9.17) is 0 Å². The molecule has 3 aliphatic heterocycles. The number of aryl methyl sites for hydroxylation is 1. The van der Waals surface area contributed by atoms with Crippen LogP contribution in [0.5, 0.6) is 0 Å². The van der Waals surface area contributed by atoms with Gasteiger partial charge in [-0.15, -0.1) is 0 Å². The van der Waals surface area contributed by atoms with Gasteiger partial charge in [-0.25, -0.2) is 0 Å². The van der Waals surface area contributed by atoms with Crippen LogP contribution in [0.1, 0.15) is 200 Å². The van der Waals surface area contributed by atoms with Gasteiger partial charge in [0.15, 0.2) is 0 Å².